The van der Waals surface area contributed by atoms with Crippen molar-refractivity contribution in [3.8, 4) is 0 Å². The maximum absolute atomic E-state index is 6.31. The van der Waals surface area contributed by atoms with Crippen LogP contribution in [0.5, 0.6) is 0 Å². The molecule has 0 spiro atoms. The van der Waals surface area contributed by atoms with E-state index in [4.69, 9.17) is 18.1 Å². The highest BCUT2D eigenvalue weighted by atomic mass is 16.7. The summed E-state index contributed by atoms with van der Waals surface area (Å²) in [6.07, 6.45) is 0. The smallest absolute Gasteiger partial charge is 0.456 e. The second kappa shape index (κ2) is 8.99. The summed E-state index contributed by atoms with van der Waals surface area (Å²) in [7, 11) is -0.420. The van der Waals surface area contributed by atoms with Crippen LogP contribution < -0.4 is 10.4 Å². The molecule has 0 saturated carbocycles. The Hall–Kier alpha value is -4.52. The number of anilines is 3. The van der Waals surface area contributed by atoms with Crippen molar-refractivity contribution in [1.29, 1.82) is 0 Å². The van der Waals surface area contributed by atoms with Crippen LogP contribution in [0.25, 0.3) is 43.9 Å². The van der Waals surface area contributed by atoms with Gasteiger partial charge in [-0.05, 0) is 81.7 Å². The third-order valence-electron chi connectivity index (χ3n) is 8.92. The zero-order valence-corrected chi connectivity index (χ0v) is 24.0. The molecule has 1 aliphatic rings. The quantitative estimate of drug-likeness (QED) is 0.204. The second-order valence-electron chi connectivity index (χ2n) is 12.1. The Morgan fingerprint density at radius 2 is 0.905 bits per heavy atom. The van der Waals surface area contributed by atoms with E-state index in [0.717, 1.165) is 66.4 Å². The Labute approximate surface area is 244 Å². The molecule has 1 aliphatic heterocycles. The highest BCUT2D eigenvalue weighted by Crippen LogP contribution is 2.41. The van der Waals surface area contributed by atoms with E-state index in [9.17, 15) is 0 Å². The van der Waals surface area contributed by atoms with Gasteiger partial charge in [0.05, 0.1) is 11.2 Å². The van der Waals surface area contributed by atoms with Crippen LogP contribution in [0.1, 0.15) is 27.7 Å². The standard InChI is InChI=1S/C36H30BNO4/c1-35(2)36(3,4)42-37(41-35)23-13-15-24(16-14-23)38(25-17-19-29-27-9-5-7-11-31(27)39-33(29)21-25)26-18-20-30-28-10-6-8-12-32(28)40-34(30)22-26/h5-22H,1-4H3. The molecule has 0 amide bonds. The van der Waals surface area contributed by atoms with Crippen LogP contribution in [-0.4, -0.2) is 18.3 Å². The van der Waals surface area contributed by atoms with E-state index in [1.165, 1.54) is 0 Å². The summed E-state index contributed by atoms with van der Waals surface area (Å²) < 4.78 is 25.2. The van der Waals surface area contributed by atoms with E-state index in [1.54, 1.807) is 0 Å². The lowest BCUT2D eigenvalue weighted by Crippen LogP contribution is -2.41. The molecule has 42 heavy (non-hydrogen) atoms. The number of fused-ring (bicyclic) bond motifs is 6. The fraction of sp³-hybridized carbons (Fsp3) is 0.167. The molecule has 1 fully saturated rings. The molecule has 7 aromatic rings. The maximum atomic E-state index is 6.31. The number of benzene rings is 5. The van der Waals surface area contributed by atoms with Gasteiger partial charge in [0, 0.05) is 50.7 Å². The minimum atomic E-state index is -0.420. The van der Waals surface area contributed by atoms with E-state index in [1.807, 2.05) is 36.4 Å². The molecule has 6 heteroatoms. The van der Waals surface area contributed by atoms with Crippen LogP contribution in [0, 0.1) is 0 Å². The van der Waals surface area contributed by atoms with Crippen molar-refractivity contribution in [2.75, 3.05) is 4.90 Å². The van der Waals surface area contributed by atoms with Gasteiger partial charge in [-0.1, -0.05) is 48.5 Å². The van der Waals surface area contributed by atoms with Crippen molar-refractivity contribution in [1.82, 2.24) is 0 Å². The molecule has 0 atom stereocenters. The first-order chi connectivity index (χ1) is 20.3. The molecule has 5 nitrogen and oxygen atoms in total. The molecule has 0 N–H and O–H groups in total. The summed E-state index contributed by atoms with van der Waals surface area (Å²) >= 11 is 0. The van der Waals surface area contributed by atoms with Gasteiger partial charge in [-0.2, -0.15) is 0 Å². The predicted molar refractivity (Wildman–Crippen MR) is 171 cm³/mol. The predicted octanol–water partition coefficient (Wildman–Crippen LogP) is 9.25. The Kier molecular flexibility index (Phi) is 5.40. The average molecular weight is 551 g/mol. The molecule has 0 bridgehead atoms. The molecule has 8 rings (SSSR count). The van der Waals surface area contributed by atoms with Gasteiger partial charge in [-0.3, -0.25) is 0 Å². The van der Waals surface area contributed by atoms with Crippen LogP contribution in [0.2, 0.25) is 0 Å². The average Bonchev–Trinajstić information content (AvgIpc) is 3.61. The maximum Gasteiger partial charge on any atom is 0.494 e. The summed E-state index contributed by atoms with van der Waals surface area (Å²) in [5.41, 5.74) is 6.62. The van der Waals surface area contributed by atoms with Crippen molar-refractivity contribution < 1.29 is 18.1 Å². The lowest BCUT2D eigenvalue weighted by molar-refractivity contribution is 0.00578. The number of nitrogens with zero attached hydrogens (tertiary/aromatic N) is 1. The number of hydrogen-bond acceptors (Lipinski definition) is 5. The third-order valence-corrected chi connectivity index (χ3v) is 8.92. The summed E-state index contributed by atoms with van der Waals surface area (Å²) in [6.45, 7) is 8.30. The molecule has 2 aromatic heterocycles. The molecule has 206 valence electrons. The molecule has 5 aromatic carbocycles. The fourth-order valence-corrected chi connectivity index (χ4v) is 5.91. The number of hydrogen-bond donors (Lipinski definition) is 0. The van der Waals surface area contributed by atoms with Crippen molar-refractivity contribution >= 4 is 73.5 Å². The van der Waals surface area contributed by atoms with Crippen molar-refractivity contribution in [3.63, 3.8) is 0 Å². The van der Waals surface area contributed by atoms with Crippen LogP contribution in [0.4, 0.5) is 17.1 Å². The van der Waals surface area contributed by atoms with E-state index in [0.29, 0.717) is 0 Å². The Morgan fingerprint density at radius 3 is 1.40 bits per heavy atom. The number of para-hydroxylation sites is 2. The Balaban J connectivity index is 1.25. The van der Waals surface area contributed by atoms with Gasteiger partial charge in [0.1, 0.15) is 22.3 Å². The van der Waals surface area contributed by atoms with Crippen molar-refractivity contribution in [2.45, 2.75) is 38.9 Å². The van der Waals surface area contributed by atoms with E-state index < -0.39 is 18.3 Å². The van der Waals surface area contributed by atoms with Crippen LogP contribution in [0.3, 0.4) is 0 Å². The molecule has 3 heterocycles. The molecule has 1 saturated heterocycles. The van der Waals surface area contributed by atoms with E-state index in [2.05, 4.69) is 105 Å². The minimum absolute atomic E-state index is 0.396. The lowest BCUT2D eigenvalue weighted by Gasteiger charge is -2.32. The third kappa shape index (κ3) is 3.87. The molecular formula is C36H30BNO4. The molecule has 0 aliphatic carbocycles. The van der Waals surface area contributed by atoms with Gasteiger partial charge in [-0.25, -0.2) is 0 Å². The van der Waals surface area contributed by atoms with Crippen LogP contribution in [-0.2, 0) is 9.31 Å². The largest absolute Gasteiger partial charge is 0.494 e. The van der Waals surface area contributed by atoms with E-state index >= 15 is 0 Å². The molecule has 0 unspecified atom stereocenters. The summed E-state index contributed by atoms with van der Waals surface area (Å²) in [5.74, 6) is 0. The normalized spacial score (nSPS) is 16.2. The topological polar surface area (TPSA) is 48.0 Å². The van der Waals surface area contributed by atoms with Crippen LogP contribution in [0.15, 0.2) is 118 Å². The zero-order valence-electron chi connectivity index (χ0n) is 24.0. The van der Waals surface area contributed by atoms with Gasteiger partial charge in [-0.15, -0.1) is 0 Å². The van der Waals surface area contributed by atoms with Crippen molar-refractivity contribution in [2.24, 2.45) is 0 Å². The first-order valence-electron chi connectivity index (χ1n) is 14.4. The summed E-state index contributed by atoms with van der Waals surface area (Å²) in [4.78, 5) is 2.23. The van der Waals surface area contributed by atoms with Gasteiger partial charge < -0.3 is 23.0 Å². The Morgan fingerprint density at radius 1 is 0.476 bits per heavy atom. The fourth-order valence-electron chi connectivity index (χ4n) is 5.91. The number of furan rings is 2. The second-order valence-corrected chi connectivity index (χ2v) is 12.1. The van der Waals surface area contributed by atoms with E-state index in [-0.39, 0.29) is 0 Å². The molecule has 0 radical (unpaired) electrons. The first-order valence-corrected chi connectivity index (χ1v) is 14.4. The summed E-state index contributed by atoms with van der Waals surface area (Å²) in [6, 6.07) is 37.5. The van der Waals surface area contributed by atoms with Gasteiger partial charge in [0.2, 0.25) is 0 Å². The number of rotatable bonds is 4. The molecular weight excluding hydrogens is 521 g/mol. The van der Waals surface area contributed by atoms with Crippen LogP contribution >= 0.6 is 0 Å². The Bertz CT molecular complexity index is 1990. The van der Waals surface area contributed by atoms with Crippen molar-refractivity contribution in [3.05, 3.63) is 109 Å². The van der Waals surface area contributed by atoms with Gasteiger partial charge in [0.15, 0.2) is 0 Å². The lowest BCUT2D eigenvalue weighted by atomic mass is 9.79. The van der Waals surface area contributed by atoms with Gasteiger partial charge >= 0.3 is 7.12 Å². The monoisotopic (exact) mass is 551 g/mol. The van der Waals surface area contributed by atoms with Gasteiger partial charge in [0.25, 0.3) is 0 Å². The first kappa shape index (κ1) is 25.2. The highest BCUT2D eigenvalue weighted by molar-refractivity contribution is 6.62. The minimum Gasteiger partial charge on any atom is -0.456 e. The zero-order chi connectivity index (χ0) is 28.6. The summed E-state index contributed by atoms with van der Waals surface area (Å²) in [5, 5.41) is 4.42. The highest BCUT2D eigenvalue weighted by Gasteiger charge is 2.51. The SMILES string of the molecule is CC1(C)OB(c2ccc(N(c3ccc4c(c3)oc3ccccc34)c3ccc4c(c3)oc3ccccc34)cc2)OC1(C)C.